The first-order chi connectivity index (χ1) is 6.00. The number of hydrogen-bond donors (Lipinski definition) is 1. The van der Waals surface area contributed by atoms with Crippen molar-refractivity contribution in [1.82, 2.24) is 9.97 Å². The molecule has 1 heterocycles. The third-order valence-corrected chi connectivity index (χ3v) is 2.69. The van der Waals surface area contributed by atoms with Crippen molar-refractivity contribution < 1.29 is 9.90 Å². The first kappa shape index (κ1) is 10.1. The predicted octanol–water partition coefficient (Wildman–Crippen LogP) is 1.48. The van der Waals surface area contributed by atoms with Gasteiger partial charge in [0.1, 0.15) is 12.2 Å². The number of rotatable bonds is 2. The molecule has 0 atom stereocenters. The van der Waals surface area contributed by atoms with Crippen molar-refractivity contribution in [3.05, 3.63) is 21.7 Å². The van der Waals surface area contributed by atoms with E-state index in [9.17, 15) is 4.79 Å². The summed E-state index contributed by atoms with van der Waals surface area (Å²) in [5.74, 6) is -0.563. The van der Waals surface area contributed by atoms with Gasteiger partial charge in [-0.25, -0.2) is 9.97 Å². The molecule has 0 amide bonds. The molecule has 0 saturated heterocycles. The highest BCUT2D eigenvalue weighted by Crippen LogP contribution is 2.17. The van der Waals surface area contributed by atoms with Crippen molar-refractivity contribution in [2.45, 2.75) is 20.3 Å². The second kappa shape index (κ2) is 3.83. The van der Waals surface area contributed by atoms with E-state index in [0.717, 1.165) is 15.9 Å². The van der Waals surface area contributed by atoms with E-state index < -0.39 is 5.97 Å². The van der Waals surface area contributed by atoms with Crippen LogP contribution in [0.2, 0.25) is 0 Å². The van der Waals surface area contributed by atoms with Crippen LogP contribution in [0.1, 0.15) is 17.2 Å². The number of halogens is 1. The van der Waals surface area contributed by atoms with E-state index in [-0.39, 0.29) is 6.42 Å². The van der Waals surface area contributed by atoms with Crippen LogP contribution in [0.4, 0.5) is 0 Å². The monoisotopic (exact) mass is 244 g/mol. The van der Waals surface area contributed by atoms with Crippen molar-refractivity contribution in [2.24, 2.45) is 0 Å². The lowest BCUT2D eigenvalue weighted by Gasteiger charge is -2.03. The number of carboxylic acids is 1. The first-order valence-corrected chi connectivity index (χ1v) is 4.51. The lowest BCUT2D eigenvalue weighted by atomic mass is 10.3. The highest BCUT2D eigenvalue weighted by Gasteiger charge is 2.08. The van der Waals surface area contributed by atoms with Crippen molar-refractivity contribution in [2.75, 3.05) is 0 Å². The zero-order valence-corrected chi connectivity index (χ0v) is 8.92. The van der Waals surface area contributed by atoms with Gasteiger partial charge in [0.25, 0.3) is 0 Å². The van der Waals surface area contributed by atoms with E-state index in [1.807, 2.05) is 13.8 Å². The molecule has 1 aromatic rings. The lowest BCUT2D eigenvalue weighted by Crippen LogP contribution is -2.07. The second-order valence-electron chi connectivity index (χ2n) is 2.70. The highest BCUT2D eigenvalue weighted by atomic mass is 79.9. The molecule has 5 heteroatoms. The molecular formula is C8H9BrN2O2. The Morgan fingerprint density at radius 3 is 2.23 bits per heavy atom. The van der Waals surface area contributed by atoms with Gasteiger partial charge in [-0.3, -0.25) is 4.79 Å². The molecule has 4 nitrogen and oxygen atoms in total. The molecule has 70 valence electrons. The maximum absolute atomic E-state index is 10.4. The molecule has 0 fully saturated rings. The third kappa shape index (κ3) is 2.48. The van der Waals surface area contributed by atoms with Crippen LogP contribution in [0.15, 0.2) is 4.47 Å². The molecule has 0 saturated carbocycles. The van der Waals surface area contributed by atoms with Crippen LogP contribution >= 0.6 is 15.9 Å². The molecule has 0 radical (unpaired) electrons. The fourth-order valence-electron chi connectivity index (χ4n) is 0.986. The van der Waals surface area contributed by atoms with Gasteiger partial charge in [0.05, 0.1) is 15.9 Å². The van der Waals surface area contributed by atoms with Crippen molar-refractivity contribution >= 4 is 21.9 Å². The Morgan fingerprint density at radius 2 is 1.85 bits per heavy atom. The van der Waals surface area contributed by atoms with Gasteiger partial charge in [-0.1, -0.05) is 0 Å². The minimum Gasteiger partial charge on any atom is -0.481 e. The Balaban J connectivity index is 3.06. The van der Waals surface area contributed by atoms with Crippen LogP contribution < -0.4 is 0 Å². The van der Waals surface area contributed by atoms with Crippen molar-refractivity contribution in [3.8, 4) is 0 Å². The standard InChI is InChI=1S/C8H9BrN2O2/c1-4-8(9)5(2)11-6(10-4)3-7(12)13/h3H2,1-2H3,(H,12,13). The molecule has 0 aliphatic heterocycles. The molecule has 0 bridgehead atoms. The third-order valence-electron chi connectivity index (χ3n) is 1.54. The fraction of sp³-hybridized carbons (Fsp3) is 0.375. The van der Waals surface area contributed by atoms with Crippen LogP contribution in [-0.2, 0) is 11.2 Å². The summed E-state index contributed by atoms with van der Waals surface area (Å²) in [7, 11) is 0. The molecule has 0 unspecified atom stereocenters. The molecule has 0 aliphatic rings. The van der Waals surface area contributed by atoms with E-state index in [4.69, 9.17) is 5.11 Å². The predicted molar refractivity (Wildman–Crippen MR) is 50.5 cm³/mol. The highest BCUT2D eigenvalue weighted by molar-refractivity contribution is 9.10. The summed E-state index contributed by atoms with van der Waals surface area (Å²) >= 11 is 3.31. The van der Waals surface area contributed by atoms with Gasteiger partial charge in [-0.05, 0) is 29.8 Å². The number of aliphatic carboxylic acids is 1. The topological polar surface area (TPSA) is 63.1 Å². The summed E-state index contributed by atoms with van der Waals surface area (Å²) in [5, 5.41) is 8.53. The largest absolute Gasteiger partial charge is 0.481 e. The van der Waals surface area contributed by atoms with E-state index >= 15 is 0 Å². The minimum atomic E-state index is -0.916. The number of hydrogen-bond acceptors (Lipinski definition) is 3. The molecule has 0 spiro atoms. The molecule has 1 rings (SSSR count). The fourth-order valence-corrected chi connectivity index (χ4v) is 1.16. The van der Waals surface area contributed by atoms with Gasteiger partial charge in [-0.2, -0.15) is 0 Å². The van der Waals surface area contributed by atoms with E-state index in [1.54, 1.807) is 0 Å². The van der Waals surface area contributed by atoms with Crippen molar-refractivity contribution in [3.63, 3.8) is 0 Å². The Hall–Kier alpha value is -0.970. The lowest BCUT2D eigenvalue weighted by molar-refractivity contribution is -0.136. The smallest absolute Gasteiger partial charge is 0.311 e. The van der Waals surface area contributed by atoms with Crippen LogP contribution in [0.5, 0.6) is 0 Å². The van der Waals surface area contributed by atoms with Crippen LogP contribution in [0, 0.1) is 13.8 Å². The molecule has 13 heavy (non-hydrogen) atoms. The summed E-state index contributed by atoms with van der Waals surface area (Å²) in [5.41, 5.74) is 1.53. The average molecular weight is 245 g/mol. The molecule has 0 aliphatic carbocycles. The number of aromatic nitrogens is 2. The maximum Gasteiger partial charge on any atom is 0.311 e. The molecule has 1 N–H and O–H groups in total. The van der Waals surface area contributed by atoms with Gasteiger partial charge >= 0.3 is 5.97 Å². The summed E-state index contributed by atoms with van der Waals surface area (Å²) in [4.78, 5) is 18.5. The summed E-state index contributed by atoms with van der Waals surface area (Å²) < 4.78 is 0.835. The SMILES string of the molecule is Cc1nc(CC(=O)O)nc(C)c1Br. The number of carbonyl (C=O) groups is 1. The van der Waals surface area contributed by atoms with E-state index in [1.165, 1.54) is 0 Å². The first-order valence-electron chi connectivity index (χ1n) is 3.72. The number of nitrogens with zero attached hydrogens (tertiary/aromatic N) is 2. The van der Waals surface area contributed by atoms with Crippen LogP contribution in [-0.4, -0.2) is 21.0 Å². The van der Waals surface area contributed by atoms with Gasteiger partial charge < -0.3 is 5.11 Å². The molecular weight excluding hydrogens is 236 g/mol. The second-order valence-corrected chi connectivity index (χ2v) is 3.49. The summed E-state index contributed by atoms with van der Waals surface area (Å²) in [6.07, 6.45) is -0.130. The normalized spacial score (nSPS) is 10.1. The number of carboxylic acid groups (broad SMARTS) is 1. The maximum atomic E-state index is 10.4. The Bertz CT molecular complexity index is 329. The zero-order valence-electron chi connectivity index (χ0n) is 7.33. The van der Waals surface area contributed by atoms with Gasteiger partial charge in [-0.15, -0.1) is 0 Å². The van der Waals surface area contributed by atoms with E-state index in [0.29, 0.717) is 5.82 Å². The molecule has 0 aromatic carbocycles. The van der Waals surface area contributed by atoms with Gasteiger partial charge in [0.15, 0.2) is 0 Å². The Morgan fingerprint density at radius 1 is 1.38 bits per heavy atom. The Labute approximate surface area is 84.2 Å². The van der Waals surface area contributed by atoms with Crippen molar-refractivity contribution in [1.29, 1.82) is 0 Å². The quantitative estimate of drug-likeness (QED) is 0.857. The molecule has 1 aromatic heterocycles. The zero-order chi connectivity index (χ0) is 10.0. The number of aryl methyl sites for hydroxylation is 2. The average Bonchev–Trinajstić information content (AvgIpc) is 1.98. The van der Waals surface area contributed by atoms with Crippen LogP contribution in [0.25, 0.3) is 0 Å². The summed E-state index contributed by atoms with van der Waals surface area (Å²) in [6.45, 7) is 3.62. The minimum absolute atomic E-state index is 0.130. The summed E-state index contributed by atoms with van der Waals surface area (Å²) in [6, 6.07) is 0. The van der Waals surface area contributed by atoms with Gasteiger partial charge in [0.2, 0.25) is 0 Å². The van der Waals surface area contributed by atoms with Gasteiger partial charge in [0, 0.05) is 0 Å². The van der Waals surface area contributed by atoms with E-state index in [2.05, 4.69) is 25.9 Å². The Kier molecular flexibility index (Phi) is 2.98. The van der Waals surface area contributed by atoms with Crippen LogP contribution in [0.3, 0.4) is 0 Å².